The van der Waals surface area contributed by atoms with E-state index >= 15 is 8.78 Å². The molecule has 2 saturated heterocycles. The van der Waals surface area contributed by atoms with Crippen LogP contribution >= 0.6 is 22.9 Å². The fraction of sp³-hybridized carbons (Fsp3) is 0.471. The lowest BCUT2D eigenvalue weighted by molar-refractivity contribution is -0.130. The molecular formula is C34H36ClF2N7O4S. The average Bonchev–Trinajstić information content (AvgIpc) is 3.77. The summed E-state index contributed by atoms with van der Waals surface area (Å²) in [5.74, 6) is -1.12. The van der Waals surface area contributed by atoms with Crippen LogP contribution in [0.2, 0.25) is 5.02 Å². The molecule has 7 rings (SSSR count). The molecule has 4 aromatic rings. The minimum Gasteiger partial charge on any atom is -0.489 e. The van der Waals surface area contributed by atoms with Gasteiger partial charge in [0.2, 0.25) is 5.91 Å². The Bertz CT molecular complexity index is 2020. The monoisotopic (exact) mass is 711 g/mol. The maximum absolute atomic E-state index is 17.2. The van der Waals surface area contributed by atoms with Crippen LogP contribution in [0, 0.1) is 23.0 Å². The van der Waals surface area contributed by atoms with Gasteiger partial charge in [0.25, 0.3) is 0 Å². The minimum absolute atomic E-state index is 0.0298. The summed E-state index contributed by atoms with van der Waals surface area (Å²) >= 11 is 7.95. The van der Waals surface area contributed by atoms with E-state index in [1.807, 2.05) is 38.8 Å². The summed E-state index contributed by atoms with van der Waals surface area (Å²) in [5.41, 5.74) is 6.10. The van der Waals surface area contributed by atoms with Gasteiger partial charge in [0.1, 0.15) is 47.0 Å². The molecule has 0 bridgehead atoms. The van der Waals surface area contributed by atoms with Crippen LogP contribution in [0.3, 0.4) is 0 Å². The summed E-state index contributed by atoms with van der Waals surface area (Å²) < 4.78 is 50.9. The second-order valence-corrected chi connectivity index (χ2v) is 14.5. The lowest BCUT2D eigenvalue weighted by Gasteiger charge is -2.29. The average molecular weight is 712 g/mol. The number of benzene rings is 2. The lowest BCUT2D eigenvalue weighted by atomic mass is 9.96. The highest BCUT2D eigenvalue weighted by Crippen LogP contribution is 2.51. The predicted molar refractivity (Wildman–Crippen MR) is 184 cm³/mol. The van der Waals surface area contributed by atoms with Gasteiger partial charge in [-0.1, -0.05) is 17.7 Å². The Balaban J connectivity index is 1.42. The first kappa shape index (κ1) is 33.5. The molecular weight excluding hydrogens is 676 g/mol. The summed E-state index contributed by atoms with van der Waals surface area (Å²) in [6, 6.07) is 4.35. The largest absolute Gasteiger partial charge is 0.489 e. The number of rotatable bonds is 7. The third-order valence-corrected chi connectivity index (χ3v) is 10.9. The Hall–Kier alpha value is -4.03. The van der Waals surface area contributed by atoms with Crippen molar-refractivity contribution in [1.82, 2.24) is 20.2 Å². The summed E-state index contributed by atoms with van der Waals surface area (Å²) in [5, 5.41) is 13.3. The second kappa shape index (κ2) is 13.0. The molecule has 3 aliphatic heterocycles. The predicted octanol–water partition coefficient (Wildman–Crippen LogP) is 5.64. The number of likely N-dealkylation sites (tertiary alicyclic amines) is 1. The number of nitrogens with two attached hydrogens (primary N) is 1. The number of thiophene rings is 1. The number of nitrogen functional groups attached to an aromatic ring is 1. The van der Waals surface area contributed by atoms with Gasteiger partial charge in [-0.15, -0.1) is 11.3 Å². The maximum atomic E-state index is 17.2. The zero-order valence-electron chi connectivity index (χ0n) is 27.5. The molecule has 3 N–H and O–H groups in total. The van der Waals surface area contributed by atoms with E-state index < -0.39 is 17.7 Å². The molecule has 0 spiro atoms. The van der Waals surface area contributed by atoms with Crippen molar-refractivity contribution in [3.63, 3.8) is 0 Å². The van der Waals surface area contributed by atoms with E-state index in [2.05, 4.69) is 15.2 Å². The first-order valence-corrected chi connectivity index (χ1v) is 17.5. The molecule has 0 saturated carbocycles. The number of carbonyl (C=O) groups is 1. The van der Waals surface area contributed by atoms with Gasteiger partial charge in [0, 0.05) is 29.5 Å². The van der Waals surface area contributed by atoms with Crippen molar-refractivity contribution in [1.29, 1.82) is 5.26 Å². The number of nitriles is 1. The molecule has 2 fully saturated rings. The number of nitrogens with one attached hydrogen (secondary N) is 1. The highest BCUT2D eigenvalue weighted by atomic mass is 35.5. The third-order valence-electron chi connectivity index (χ3n) is 9.54. The highest BCUT2D eigenvalue weighted by Gasteiger charge is 2.39. The van der Waals surface area contributed by atoms with Crippen molar-refractivity contribution in [2.24, 2.45) is 0 Å². The van der Waals surface area contributed by atoms with E-state index in [0.717, 1.165) is 30.7 Å². The zero-order chi connectivity index (χ0) is 34.7. The van der Waals surface area contributed by atoms with Crippen LogP contribution in [0.25, 0.3) is 32.1 Å². The Morgan fingerprint density at radius 2 is 2.04 bits per heavy atom. The van der Waals surface area contributed by atoms with E-state index in [9.17, 15) is 10.1 Å². The van der Waals surface area contributed by atoms with Gasteiger partial charge in [-0.3, -0.25) is 9.69 Å². The van der Waals surface area contributed by atoms with Gasteiger partial charge in [0.15, 0.2) is 11.6 Å². The van der Waals surface area contributed by atoms with E-state index in [1.165, 1.54) is 12.1 Å². The van der Waals surface area contributed by atoms with E-state index in [1.54, 1.807) is 0 Å². The van der Waals surface area contributed by atoms with Crippen molar-refractivity contribution in [3.05, 3.63) is 34.4 Å². The standard InChI is InChI=1S/C34H36ClF2N7O4S/c1-15(2)40-33(45)22-12-17(14-47-22)44-10-11-46-29-25-28(41-34(42-32(25)44)48-16(3)21-6-5-9-43(21)4)27(37)24(26(29)35)18-7-8-20(36)30-23(18)19(13-38)31(39)49-30/h7-8,15-17,21-22H,5-6,9-12,14,39H2,1-4H3,(H,40,45)/t16-,17?,21-,22?/m0/s1. The van der Waals surface area contributed by atoms with Crippen LogP contribution in [-0.4, -0.2) is 84.5 Å². The van der Waals surface area contributed by atoms with Crippen molar-refractivity contribution in [2.75, 3.05) is 44.0 Å². The Morgan fingerprint density at radius 3 is 2.76 bits per heavy atom. The van der Waals surface area contributed by atoms with E-state index in [4.69, 9.17) is 36.5 Å². The summed E-state index contributed by atoms with van der Waals surface area (Å²) in [7, 11) is 2.04. The molecule has 0 radical (unpaired) electrons. The molecule has 49 heavy (non-hydrogen) atoms. The normalized spacial score (nSPS) is 21.6. The number of fused-ring (bicyclic) bond motifs is 1. The van der Waals surface area contributed by atoms with Crippen molar-refractivity contribution in [3.8, 4) is 29.0 Å². The Morgan fingerprint density at radius 1 is 1.24 bits per heavy atom. The van der Waals surface area contributed by atoms with Gasteiger partial charge in [-0.05, 0) is 58.8 Å². The number of aromatic nitrogens is 2. The maximum Gasteiger partial charge on any atom is 0.319 e. The number of hydrogen-bond acceptors (Lipinski definition) is 11. The number of likely N-dealkylation sites (N-methyl/N-ethyl adjacent to an activating group) is 1. The van der Waals surface area contributed by atoms with Gasteiger partial charge in [-0.2, -0.15) is 15.2 Å². The molecule has 0 aliphatic carbocycles. The fourth-order valence-electron chi connectivity index (χ4n) is 7.25. The molecule has 1 amide bonds. The molecule has 11 nitrogen and oxygen atoms in total. The number of anilines is 2. The molecule has 2 unspecified atom stereocenters. The molecule has 4 atom stereocenters. The fourth-order valence-corrected chi connectivity index (χ4v) is 8.53. The smallest absolute Gasteiger partial charge is 0.319 e. The van der Waals surface area contributed by atoms with Crippen LogP contribution in [-0.2, 0) is 9.53 Å². The van der Waals surface area contributed by atoms with Crippen LogP contribution in [0.1, 0.15) is 45.6 Å². The van der Waals surface area contributed by atoms with Gasteiger partial charge < -0.3 is 30.2 Å². The minimum atomic E-state index is -0.813. The summed E-state index contributed by atoms with van der Waals surface area (Å²) in [4.78, 5) is 26.5. The van der Waals surface area contributed by atoms with Gasteiger partial charge in [-0.25, -0.2) is 8.78 Å². The molecule has 2 aromatic carbocycles. The van der Waals surface area contributed by atoms with Crippen LogP contribution in [0.4, 0.5) is 19.6 Å². The van der Waals surface area contributed by atoms with Crippen LogP contribution in [0.5, 0.6) is 11.8 Å². The molecule has 5 heterocycles. The quantitative estimate of drug-likeness (QED) is 0.248. The molecule has 2 aromatic heterocycles. The van der Waals surface area contributed by atoms with Gasteiger partial charge >= 0.3 is 6.01 Å². The number of hydrogen-bond donors (Lipinski definition) is 2. The third kappa shape index (κ3) is 5.76. The van der Waals surface area contributed by atoms with Crippen LogP contribution < -0.4 is 25.4 Å². The van der Waals surface area contributed by atoms with Crippen molar-refractivity contribution >= 4 is 60.7 Å². The Kier molecular flexibility index (Phi) is 8.89. The molecule has 258 valence electrons. The Labute approximate surface area is 290 Å². The first-order valence-electron chi connectivity index (χ1n) is 16.3. The number of halogens is 3. The summed E-state index contributed by atoms with van der Waals surface area (Å²) in [6.07, 6.45) is 1.35. The topological polar surface area (TPSA) is 139 Å². The summed E-state index contributed by atoms with van der Waals surface area (Å²) in [6.45, 7) is 7.34. The van der Waals surface area contributed by atoms with E-state index in [0.29, 0.717) is 18.8 Å². The highest BCUT2D eigenvalue weighted by molar-refractivity contribution is 7.23. The van der Waals surface area contributed by atoms with E-state index in [-0.39, 0.29) is 103 Å². The number of amides is 1. The molecule has 3 aliphatic rings. The van der Waals surface area contributed by atoms with Gasteiger partial charge in [0.05, 0.1) is 39.9 Å². The molecule has 15 heteroatoms. The van der Waals surface area contributed by atoms with Crippen LogP contribution in [0.15, 0.2) is 12.1 Å². The number of ether oxygens (including phenoxy) is 3. The van der Waals surface area contributed by atoms with Crippen molar-refractivity contribution in [2.45, 2.75) is 70.4 Å². The van der Waals surface area contributed by atoms with Crippen molar-refractivity contribution < 1.29 is 27.8 Å². The number of carbonyl (C=O) groups excluding carboxylic acids is 1. The SMILES string of the molecule is CC(C)NC(=O)C1CC(N2CCOc3c(Cl)c(-c4ccc(F)c5sc(N)c(C#N)c45)c(F)c4nc(O[C@@H](C)[C@@H]5CCCN5C)nc2c34)CO1. The zero-order valence-corrected chi connectivity index (χ0v) is 29.1. The number of nitrogens with zero attached hydrogens (tertiary/aromatic N) is 5. The first-order chi connectivity index (χ1) is 23.5. The lowest BCUT2D eigenvalue weighted by Crippen LogP contribution is -2.41. The second-order valence-electron chi connectivity index (χ2n) is 13.1.